The smallest absolute Gasteiger partial charge is 0.312 e. The van der Waals surface area contributed by atoms with Crippen molar-refractivity contribution in [2.45, 2.75) is 70.4 Å². The van der Waals surface area contributed by atoms with Crippen molar-refractivity contribution in [3.63, 3.8) is 0 Å². The molecule has 1 unspecified atom stereocenters. The molecule has 0 radical (unpaired) electrons. The van der Waals surface area contributed by atoms with E-state index in [1.54, 1.807) is 12.3 Å². The lowest BCUT2D eigenvalue weighted by molar-refractivity contribution is -0.151. The molecule has 6 rings (SSSR count). The van der Waals surface area contributed by atoms with E-state index in [4.69, 9.17) is 9.47 Å². The molecule has 1 fully saturated rings. The SMILES string of the molecule is COC(=O)C(C)(C)C(c1ccc(C)c(CN2CC3(CC3)Oc3ncc(C)cc3S2(=O)=O)c1)c1cc2cc(C)nnc2n1C. The van der Waals surface area contributed by atoms with Crippen LogP contribution in [0.3, 0.4) is 0 Å². The first kappa shape index (κ1) is 29.3. The average Bonchev–Trinajstić information content (AvgIpc) is 3.66. The lowest BCUT2D eigenvalue weighted by Gasteiger charge is -2.33. The number of esters is 1. The van der Waals surface area contributed by atoms with Crippen molar-refractivity contribution in [3.8, 4) is 5.88 Å². The minimum absolute atomic E-state index is 0.0988. The highest BCUT2D eigenvalue weighted by atomic mass is 32.2. The third-order valence-corrected chi connectivity index (χ3v) is 10.7. The molecule has 2 aliphatic rings. The molecule has 0 saturated heterocycles. The van der Waals surface area contributed by atoms with E-state index >= 15 is 0 Å². The number of ether oxygens (including phenoxy) is 2. The second kappa shape index (κ2) is 10.1. The lowest BCUT2D eigenvalue weighted by Crippen LogP contribution is -2.38. The van der Waals surface area contributed by atoms with Gasteiger partial charge in [-0.15, -0.1) is 5.10 Å². The molecule has 0 amide bonds. The molecular weight excluding hydrogens is 566 g/mol. The van der Waals surface area contributed by atoms with E-state index in [1.165, 1.54) is 11.4 Å². The van der Waals surface area contributed by atoms with Crippen LogP contribution < -0.4 is 4.74 Å². The molecule has 1 spiro atoms. The van der Waals surface area contributed by atoms with Crippen molar-refractivity contribution in [1.82, 2.24) is 24.1 Å². The van der Waals surface area contributed by atoms with Gasteiger partial charge in [-0.2, -0.15) is 9.40 Å². The number of nitrogens with zero attached hydrogens (tertiary/aromatic N) is 5. The Morgan fingerprint density at radius 3 is 2.56 bits per heavy atom. The van der Waals surface area contributed by atoms with E-state index in [-0.39, 0.29) is 29.8 Å². The largest absolute Gasteiger partial charge is 0.469 e. The number of aromatic nitrogens is 4. The number of hydrogen-bond acceptors (Lipinski definition) is 8. The molecule has 43 heavy (non-hydrogen) atoms. The predicted octanol–water partition coefficient (Wildman–Crippen LogP) is 4.74. The average molecular weight is 604 g/mol. The van der Waals surface area contributed by atoms with Crippen LogP contribution in [0, 0.1) is 26.2 Å². The second-order valence-corrected chi connectivity index (χ2v) is 14.5. The van der Waals surface area contributed by atoms with Crippen molar-refractivity contribution < 1.29 is 22.7 Å². The topological polar surface area (TPSA) is 117 Å². The minimum atomic E-state index is -3.89. The highest BCUT2D eigenvalue weighted by Crippen LogP contribution is 2.47. The van der Waals surface area contributed by atoms with Crippen molar-refractivity contribution in [2.24, 2.45) is 12.5 Å². The lowest BCUT2D eigenvalue weighted by atomic mass is 9.72. The maximum Gasteiger partial charge on any atom is 0.312 e. The molecule has 1 atom stereocenters. The van der Waals surface area contributed by atoms with Gasteiger partial charge >= 0.3 is 5.97 Å². The van der Waals surface area contributed by atoms with Crippen LogP contribution in [0.1, 0.15) is 66.2 Å². The summed E-state index contributed by atoms with van der Waals surface area (Å²) < 4.78 is 43.0. The monoisotopic (exact) mass is 603 g/mol. The number of hydrogen-bond donors (Lipinski definition) is 0. The molecule has 226 valence electrons. The van der Waals surface area contributed by atoms with Gasteiger partial charge in [-0.3, -0.25) is 4.79 Å². The predicted molar refractivity (Wildman–Crippen MR) is 161 cm³/mol. The number of sulfonamides is 1. The molecule has 11 heteroatoms. The zero-order chi connectivity index (χ0) is 30.9. The summed E-state index contributed by atoms with van der Waals surface area (Å²) in [5, 5.41) is 9.57. The third-order valence-electron chi connectivity index (χ3n) is 8.87. The second-order valence-electron chi connectivity index (χ2n) is 12.6. The van der Waals surface area contributed by atoms with Crippen LogP contribution in [0.25, 0.3) is 11.0 Å². The number of aryl methyl sites for hydroxylation is 4. The molecule has 3 aromatic heterocycles. The molecule has 0 bridgehead atoms. The van der Waals surface area contributed by atoms with Crippen LogP contribution >= 0.6 is 0 Å². The zero-order valence-electron chi connectivity index (χ0n) is 25.6. The van der Waals surface area contributed by atoms with E-state index < -0.39 is 27.0 Å². The molecule has 0 N–H and O–H groups in total. The van der Waals surface area contributed by atoms with E-state index in [0.717, 1.165) is 51.9 Å². The minimum Gasteiger partial charge on any atom is -0.469 e. The quantitative estimate of drug-likeness (QED) is 0.290. The first-order chi connectivity index (χ1) is 20.3. The Morgan fingerprint density at radius 2 is 1.86 bits per heavy atom. The summed E-state index contributed by atoms with van der Waals surface area (Å²) >= 11 is 0. The molecule has 4 heterocycles. The van der Waals surface area contributed by atoms with Crippen LogP contribution in [-0.2, 0) is 33.1 Å². The van der Waals surface area contributed by atoms with E-state index in [1.807, 2.05) is 76.6 Å². The number of benzene rings is 1. The fourth-order valence-corrected chi connectivity index (χ4v) is 7.85. The van der Waals surface area contributed by atoms with Gasteiger partial charge in [-0.1, -0.05) is 18.2 Å². The van der Waals surface area contributed by atoms with Crippen LogP contribution in [0.5, 0.6) is 5.88 Å². The van der Waals surface area contributed by atoms with Crippen molar-refractivity contribution in [1.29, 1.82) is 0 Å². The molecule has 1 aromatic carbocycles. The molecule has 4 aromatic rings. The van der Waals surface area contributed by atoms with Gasteiger partial charge in [0.05, 0.1) is 24.8 Å². The summed E-state index contributed by atoms with van der Waals surface area (Å²) in [5.74, 6) is -0.607. The molecule has 10 nitrogen and oxygen atoms in total. The van der Waals surface area contributed by atoms with Crippen molar-refractivity contribution >= 4 is 27.0 Å². The van der Waals surface area contributed by atoms with Gasteiger partial charge in [0.15, 0.2) is 5.65 Å². The fourth-order valence-electron chi connectivity index (χ4n) is 6.21. The maximum absolute atomic E-state index is 14.0. The van der Waals surface area contributed by atoms with Crippen LogP contribution in [0.15, 0.2) is 47.5 Å². The molecule has 1 saturated carbocycles. The summed E-state index contributed by atoms with van der Waals surface area (Å²) in [5.41, 5.74) is 4.28. The van der Waals surface area contributed by atoms with Gasteiger partial charge in [0.1, 0.15) is 10.5 Å². The highest BCUT2D eigenvalue weighted by molar-refractivity contribution is 7.89. The Balaban J connectivity index is 1.46. The fraction of sp³-hybridized carbons (Fsp3) is 0.438. The Labute approximate surface area is 252 Å². The first-order valence-corrected chi connectivity index (χ1v) is 15.8. The van der Waals surface area contributed by atoms with E-state index in [9.17, 15) is 13.2 Å². The number of methoxy groups -OCH3 is 1. The zero-order valence-corrected chi connectivity index (χ0v) is 26.4. The number of pyridine rings is 1. The summed E-state index contributed by atoms with van der Waals surface area (Å²) in [6, 6.07) is 11.7. The molecule has 1 aliphatic heterocycles. The summed E-state index contributed by atoms with van der Waals surface area (Å²) in [4.78, 5) is 17.7. The van der Waals surface area contributed by atoms with E-state index in [0.29, 0.717) is 5.65 Å². The van der Waals surface area contributed by atoms with Crippen molar-refractivity contribution in [3.05, 3.63) is 76.2 Å². The Morgan fingerprint density at radius 1 is 1.12 bits per heavy atom. The first-order valence-electron chi connectivity index (χ1n) is 14.4. The van der Waals surface area contributed by atoms with Gasteiger partial charge in [0.25, 0.3) is 0 Å². The van der Waals surface area contributed by atoms with E-state index in [2.05, 4.69) is 15.2 Å². The normalized spacial score (nSPS) is 18.1. The van der Waals surface area contributed by atoms with Crippen LogP contribution in [0.4, 0.5) is 0 Å². The maximum atomic E-state index is 14.0. The summed E-state index contributed by atoms with van der Waals surface area (Å²) in [6.07, 6.45) is 3.18. The van der Waals surface area contributed by atoms with Gasteiger partial charge in [0, 0.05) is 36.8 Å². The number of rotatable bonds is 6. The summed E-state index contributed by atoms with van der Waals surface area (Å²) in [6.45, 7) is 9.83. The Bertz CT molecular complexity index is 1880. The third kappa shape index (κ3) is 4.98. The molecular formula is C32H37N5O5S. The molecule has 1 aliphatic carbocycles. The van der Waals surface area contributed by atoms with Crippen LogP contribution in [0.2, 0.25) is 0 Å². The van der Waals surface area contributed by atoms with Gasteiger partial charge < -0.3 is 14.0 Å². The van der Waals surface area contributed by atoms with Gasteiger partial charge in [-0.05, 0) is 87.9 Å². The standard InChI is InChI=1S/C32H37N5O5S/c1-19-12-26-29(33-16-19)42-32(10-11-32)18-37(43(26,39)40)17-24-14-22(9-8-20(24)2)27(31(4,5)30(38)41-7)25-15-23-13-21(3)34-35-28(23)36(25)6/h8-9,12-16,27H,10-11,17-18H2,1-7H3. The van der Waals surface area contributed by atoms with Crippen molar-refractivity contribution in [2.75, 3.05) is 13.7 Å². The van der Waals surface area contributed by atoms with Gasteiger partial charge in [0.2, 0.25) is 15.9 Å². The number of carbonyl (C=O) groups excluding carboxylic acids is 1. The van der Waals surface area contributed by atoms with Crippen LogP contribution in [-0.4, -0.2) is 57.7 Å². The summed E-state index contributed by atoms with van der Waals surface area (Å²) in [7, 11) is -0.579. The Kier molecular flexibility index (Phi) is 6.89. The highest BCUT2D eigenvalue weighted by Gasteiger charge is 2.52. The number of fused-ring (bicyclic) bond motifs is 2. The number of carbonyl (C=O) groups is 1. The Hall–Kier alpha value is -3.83. The van der Waals surface area contributed by atoms with Gasteiger partial charge in [-0.25, -0.2) is 13.4 Å².